The molecule has 94 valence electrons. The van der Waals surface area contributed by atoms with Gasteiger partial charge in [0.05, 0.1) is 6.61 Å². The Morgan fingerprint density at radius 2 is 2.25 bits per heavy atom. The molecule has 5 heteroatoms. The van der Waals surface area contributed by atoms with Gasteiger partial charge in [-0.25, -0.2) is 0 Å². The summed E-state index contributed by atoms with van der Waals surface area (Å²) >= 11 is 0. The number of aliphatic carboxylic acids is 1. The van der Waals surface area contributed by atoms with Gasteiger partial charge in [0, 0.05) is 19.7 Å². The minimum absolute atomic E-state index is 0.138. The Morgan fingerprint density at radius 3 is 2.69 bits per heavy atom. The molecule has 0 aromatic rings. The molecule has 0 bridgehead atoms. The molecule has 1 unspecified atom stereocenters. The molecule has 0 aromatic heterocycles. The van der Waals surface area contributed by atoms with Crippen LogP contribution in [0.15, 0.2) is 0 Å². The smallest absolute Gasteiger partial charge is 0.325 e. The van der Waals surface area contributed by atoms with Crippen molar-refractivity contribution in [2.24, 2.45) is 11.7 Å². The van der Waals surface area contributed by atoms with Crippen molar-refractivity contribution in [2.75, 3.05) is 33.4 Å². The van der Waals surface area contributed by atoms with Crippen LogP contribution in [0, 0.1) is 5.92 Å². The second kappa shape index (κ2) is 5.61. The molecule has 0 spiro atoms. The number of hydrogen-bond donors (Lipinski definition) is 2. The fourth-order valence-electron chi connectivity index (χ4n) is 1.86. The monoisotopic (exact) mass is 230 g/mol. The molecule has 0 saturated heterocycles. The Hall–Kier alpha value is -0.650. The van der Waals surface area contributed by atoms with Gasteiger partial charge in [-0.2, -0.15) is 0 Å². The molecule has 1 aliphatic rings. The van der Waals surface area contributed by atoms with Crippen LogP contribution in [0.4, 0.5) is 0 Å². The molecule has 1 atom stereocenters. The Kier molecular flexibility index (Phi) is 4.70. The Balaban J connectivity index is 2.39. The normalized spacial score (nSPS) is 19.8. The first-order valence-corrected chi connectivity index (χ1v) is 5.79. The number of carboxylic acid groups (broad SMARTS) is 1. The molecule has 5 nitrogen and oxygen atoms in total. The number of hydrogen-bond acceptors (Lipinski definition) is 4. The summed E-state index contributed by atoms with van der Waals surface area (Å²) in [4.78, 5) is 13.1. The summed E-state index contributed by atoms with van der Waals surface area (Å²) in [7, 11) is 1.88. The van der Waals surface area contributed by atoms with E-state index < -0.39 is 11.5 Å². The molecule has 0 aromatic carbocycles. The third-order valence-corrected chi connectivity index (χ3v) is 3.06. The highest BCUT2D eigenvalue weighted by Gasteiger charge is 2.48. The highest BCUT2D eigenvalue weighted by Crippen LogP contribution is 2.38. The van der Waals surface area contributed by atoms with Gasteiger partial charge >= 0.3 is 5.97 Å². The van der Waals surface area contributed by atoms with Gasteiger partial charge in [-0.05, 0) is 32.7 Å². The maximum atomic E-state index is 11.2. The molecule has 0 radical (unpaired) electrons. The van der Waals surface area contributed by atoms with Crippen molar-refractivity contribution in [3.8, 4) is 0 Å². The highest BCUT2D eigenvalue weighted by atomic mass is 16.5. The standard InChI is InChI=1S/C11H22N2O3/c1-3-16-7-6-13(2)8-11(12,10(14)15)9-4-5-9/h9H,3-8,12H2,1-2H3,(H,14,15). The predicted molar refractivity (Wildman–Crippen MR) is 61.3 cm³/mol. The summed E-state index contributed by atoms with van der Waals surface area (Å²) in [5.41, 5.74) is 4.89. The summed E-state index contributed by atoms with van der Waals surface area (Å²) in [6.07, 6.45) is 1.87. The van der Waals surface area contributed by atoms with Gasteiger partial charge in [0.15, 0.2) is 0 Å². The molecule has 3 N–H and O–H groups in total. The predicted octanol–water partition coefficient (Wildman–Crippen LogP) is 0.147. The van der Waals surface area contributed by atoms with Gasteiger partial charge in [-0.3, -0.25) is 4.79 Å². The first-order chi connectivity index (χ1) is 7.50. The fourth-order valence-corrected chi connectivity index (χ4v) is 1.86. The zero-order valence-corrected chi connectivity index (χ0v) is 10.1. The van der Waals surface area contributed by atoms with E-state index in [0.717, 1.165) is 12.8 Å². The van der Waals surface area contributed by atoms with Gasteiger partial charge < -0.3 is 20.5 Å². The topological polar surface area (TPSA) is 75.8 Å². The van der Waals surface area contributed by atoms with Crippen molar-refractivity contribution in [3.05, 3.63) is 0 Å². The van der Waals surface area contributed by atoms with Crippen LogP contribution in [0.1, 0.15) is 19.8 Å². The lowest BCUT2D eigenvalue weighted by Crippen LogP contribution is -2.57. The van der Waals surface area contributed by atoms with E-state index in [4.69, 9.17) is 10.5 Å². The first-order valence-electron chi connectivity index (χ1n) is 5.79. The van der Waals surface area contributed by atoms with Gasteiger partial charge in [0.2, 0.25) is 0 Å². The van der Waals surface area contributed by atoms with Crippen molar-refractivity contribution in [1.82, 2.24) is 4.90 Å². The van der Waals surface area contributed by atoms with Gasteiger partial charge in [-0.1, -0.05) is 0 Å². The lowest BCUT2D eigenvalue weighted by atomic mass is 9.94. The van der Waals surface area contributed by atoms with E-state index in [2.05, 4.69) is 0 Å². The van der Waals surface area contributed by atoms with E-state index in [1.807, 2.05) is 18.9 Å². The molecule has 1 rings (SSSR count). The quantitative estimate of drug-likeness (QED) is 0.580. The summed E-state index contributed by atoms with van der Waals surface area (Å²) in [5.74, 6) is -0.752. The summed E-state index contributed by atoms with van der Waals surface area (Å²) < 4.78 is 5.23. The average molecular weight is 230 g/mol. The van der Waals surface area contributed by atoms with Gasteiger partial charge in [-0.15, -0.1) is 0 Å². The van der Waals surface area contributed by atoms with Crippen LogP contribution in [0.2, 0.25) is 0 Å². The van der Waals surface area contributed by atoms with E-state index in [9.17, 15) is 9.90 Å². The lowest BCUT2D eigenvalue weighted by molar-refractivity contribution is -0.145. The third kappa shape index (κ3) is 3.43. The number of nitrogens with zero attached hydrogens (tertiary/aromatic N) is 1. The number of rotatable bonds is 8. The number of likely N-dealkylation sites (N-methyl/N-ethyl adjacent to an activating group) is 1. The zero-order chi connectivity index (χ0) is 12.2. The summed E-state index contributed by atoms with van der Waals surface area (Å²) in [6.45, 7) is 4.35. The van der Waals surface area contributed by atoms with Crippen LogP contribution < -0.4 is 5.73 Å². The molecule has 1 aliphatic carbocycles. The van der Waals surface area contributed by atoms with Crippen molar-refractivity contribution >= 4 is 5.97 Å². The molecular formula is C11H22N2O3. The molecule has 1 saturated carbocycles. The zero-order valence-electron chi connectivity index (χ0n) is 10.1. The van der Waals surface area contributed by atoms with Crippen molar-refractivity contribution in [2.45, 2.75) is 25.3 Å². The second-order valence-electron chi connectivity index (χ2n) is 4.55. The van der Waals surface area contributed by atoms with Crippen LogP contribution in [0.5, 0.6) is 0 Å². The Morgan fingerprint density at radius 1 is 1.62 bits per heavy atom. The van der Waals surface area contributed by atoms with E-state index in [1.54, 1.807) is 0 Å². The van der Waals surface area contributed by atoms with E-state index >= 15 is 0 Å². The van der Waals surface area contributed by atoms with Crippen LogP contribution in [-0.2, 0) is 9.53 Å². The molecule has 16 heavy (non-hydrogen) atoms. The maximum Gasteiger partial charge on any atom is 0.325 e. The van der Waals surface area contributed by atoms with Crippen LogP contribution in [0.25, 0.3) is 0 Å². The molecule has 1 fully saturated rings. The highest BCUT2D eigenvalue weighted by molar-refractivity contribution is 5.79. The van der Waals surface area contributed by atoms with Crippen LogP contribution >= 0.6 is 0 Å². The number of nitrogens with two attached hydrogens (primary N) is 1. The average Bonchev–Trinajstić information content (AvgIpc) is 3.00. The molecule has 0 amide bonds. The molecular weight excluding hydrogens is 208 g/mol. The van der Waals surface area contributed by atoms with Crippen LogP contribution in [0.3, 0.4) is 0 Å². The first kappa shape index (κ1) is 13.4. The van der Waals surface area contributed by atoms with Gasteiger partial charge in [0.1, 0.15) is 5.54 Å². The molecule has 0 heterocycles. The van der Waals surface area contributed by atoms with E-state index in [1.165, 1.54) is 0 Å². The second-order valence-corrected chi connectivity index (χ2v) is 4.55. The number of carbonyl (C=O) groups is 1. The van der Waals surface area contributed by atoms with E-state index in [-0.39, 0.29) is 5.92 Å². The number of carboxylic acids is 1. The largest absolute Gasteiger partial charge is 0.480 e. The number of ether oxygens (including phenoxy) is 1. The maximum absolute atomic E-state index is 11.2. The van der Waals surface area contributed by atoms with Gasteiger partial charge in [0.25, 0.3) is 0 Å². The summed E-state index contributed by atoms with van der Waals surface area (Å²) in [6, 6.07) is 0. The van der Waals surface area contributed by atoms with Crippen LogP contribution in [-0.4, -0.2) is 54.9 Å². The third-order valence-electron chi connectivity index (χ3n) is 3.06. The lowest BCUT2D eigenvalue weighted by Gasteiger charge is -2.29. The minimum atomic E-state index is -1.08. The van der Waals surface area contributed by atoms with Crippen molar-refractivity contribution < 1.29 is 14.6 Å². The van der Waals surface area contributed by atoms with Crippen molar-refractivity contribution in [1.29, 1.82) is 0 Å². The summed E-state index contributed by atoms with van der Waals surface area (Å²) in [5, 5.41) is 9.18. The minimum Gasteiger partial charge on any atom is -0.480 e. The Labute approximate surface area is 96.6 Å². The van der Waals surface area contributed by atoms with E-state index in [0.29, 0.717) is 26.3 Å². The SMILES string of the molecule is CCOCCN(C)CC(N)(C(=O)O)C1CC1. The Bertz CT molecular complexity index is 243. The van der Waals surface area contributed by atoms with Crippen molar-refractivity contribution in [3.63, 3.8) is 0 Å². The fraction of sp³-hybridized carbons (Fsp3) is 0.909. The molecule has 0 aliphatic heterocycles.